The molecule has 1 saturated heterocycles. The summed E-state index contributed by atoms with van der Waals surface area (Å²) in [5.41, 5.74) is 0. The molecule has 1 aliphatic heterocycles. The Morgan fingerprint density at radius 3 is 2.60 bits per heavy atom. The van der Waals surface area contributed by atoms with Crippen molar-refractivity contribution in [3.05, 3.63) is 0 Å². The van der Waals surface area contributed by atoms with Crippen LogP contribution < -0.4 is 5.32 Å². The summed E-state index contributed by atoms with van der Waals surface area (Å²) >= 11 is 0. The van der Waals surface area contributed by atoms with E-state index in [9.17, 15) is 0 Å². The van der Waals surface area contributed by atoms with Gasteiger partial charge < -0.3 is 5.32 Å². The summed E-state index contributed by atoms with van der Waals surface area (Å²) in [5, 5.41) is 3.52. The Bertz CT molecular complexity index is 203. The largest absolute Gasteiger partial charge is 0.315 e. The fourth-order valence-electron chi connectivity index (χ4n) is 3.40. The molecule has 1 heterocycles. The van der Waals surface area contributed by atoms with Crippen LogP contribution in [-0.2, 0) is 0 Å². The smallest absolute Gasteiger partial charge is 0.0246 e. The van der Waals surface area contributed by atoms with Gasteiger partial charge in [0.1, 0.15) is 0 Å². The summed E-state index contributed by atoms with van der Waals surface area (Å²) < 4.78 is 0. The molecule has 2 fully saturated rings. The lowest BCUT2D eigenvalue weighted by Crippen LogP contribution is -2.49. The zero-order valence-corrected chi connectivity index (χ0v) is 10.5. The summed E-state index contributed by atoms with van der Waals surface area (Å²) in [4.78, 5) is 2.79. The van der Waals surface area contributed by atoms with Gasteiger partial charge in [0.25, 0.3) is 0 Å². The Labute approximate surface area is 94.4 Å². The molecule has 2 nitrogen and oxygen atoms in total. The highest BCUT2D eigenvalue weighted by Crippen LogP contribution is 2.39. The van der Waals surface area contributed by atoms with Gasteiger partial charge in [-0.1, -0.05) is 20.8 Å². The molecule has 0 aromatic carbocycles. The topological polar surface area (TPSA) is 15.3 Å². The van der Waals surface area contributed by atoms with Gasteiger partial charge in [0.2, 0.25) is 0 Å². The van der Waals surface area contributed by atoms with Crippen LogP contribution in [0.5, 0.6) is 0 Å². The van der Waals surface area contributed by atoms with E-state index in [1.165, 1.54) is 32.4 Å². The van der Waals surface area contributed by atoms with E-state index in [-0.39, 0.29) is 0 Å². The Hall–Kier alpha value is -0.0800. The summed E-state index contributed by atoms with van der Waals surface area (Å²) in [6, 6.07) is 1.68. The molecule has 3 unspecified atom stereocenters. The van der Waals surface area contributed by atoms with Gasteiger partial charge in [-0.15, -0.1) is 0 Å². The molecule has 15 heavy (non-hydrogen) atoms. The first-order valence-corrected chi connectivity index (χ1v) is 6.68. The van der Waals surface area contributed by atoms with Gasteiger partial charge >= 0.3 is 0 Å². The number of hydrogen-bond acceptors (Lipinski definition) is 2. The number of nitrogens with one attached hydrogen (secondary N) is 1. The molecular weight excluding hydrogens is 184 g/mol. The predicted octanol–water partition coefficient (Wildman–Crippen LogP) is 2.10. The molecule has 88 valence electrons. The van der Waals surface area contributed by atoms with Crippen molar-refractivity contribution >= 4 is 0 Å². The zero-order chi connectivity index (χ0) is 10.8. The van der Waals surface area contributed by atoms with Crippen LogP contribution in [0.3, 0.4) is 0 Å². The number of likely N-dealkylation sites (tertiary alicyclic amines) is 1. The van der Waals surface area contributed by atoms with Crippen LogP contribution in [0.2, 0.25) is 0 Å². The quantitative estimate of drug-likeness (QED) is 0.747. The standard InChI is InChI=1S/C13H26N2/c1-4-14-8-13(10(2)3)15-9-11-5-6-12(15)7-11/h10-14H,4-9H2,1-3H3. The lowest BCUT2D eigenvalue weighted by Gasteiger charge is -2.37. The first-order chi connectivity index (χ1) is 7.22. The van der Waals surface area contributed by atoms with Gasteiger partial charge in [-0.05, 0) is 37.6 Å². The van der Waals surface area contributed by atoms with E-state index in [2.05, 4.69) is 31.0 Å². The summed E-state index contributed by atoms with van der Waals surface area (Å²) in [6.07, 6.45) is 4.43. The summed E-state index contributed by atoms with van der Waals surface area (Å²) in [5.74, 6) is 1.81. The first kappa shape index (κ1) is 11.4. The molecule has 0 radical (unpaired) electrons. The van der Waals surface area contributed by atoms with Crippen LogP contribution in [-0.4, -0.2) is 36.6 Å². The molecule has 2 aliphatic rings. The van der Waals surface area contributed by atoms with Crippen LogP contribution in [0, 0.1) is 11.8 Å². The van der Waals surface area contributed by atoms with Gasteiger partial charge in [0, 0.05) is 25.2 Å². The normalized spacial score (nSPS) is 32.8. The molecule has 0 spiro atoms. The highest BCUT2D eigenvalue weighted by Gasteiger charge is 2.41. The van der Waals surface area contributed by atoms with Crippen LogP contribution in [0.4, 0.5) is 0 Å². The molecule has 1 N–H and O–H groups in total. The number of hydrogen-bond donors (Lipinski definition) is 1. The Morgan fingerprint density at radius 1 is 1.33 bits per heavy atom. The fraction of sp³-hybridized carbons (Fsp3) is 1.00. The molecule has 0 amide bonds. The molecule has 2 bridgehead atoms. The first-order valence-electron chi connectivity index (χ1n) is 6.68. The van der Waals surface area contributed by atoms with Crippen molar-refractivity contribution in [3.8, 4) is 0 Å². The molecule has 0 aromatic heterocycles. The molecule has 1 aliphatic carbocycles. The second-order valence-electron chi connectivity index (χ2n) is 5.65. The maximum Gasteiger partial charge on any atom is 0.0246 e. The van der Waals surface area contributed by atoms with E-state index < -0.39 is 0 Å². The van der Waals surface area contributed by atoms with Crippen LogP contribution in [0.15, 0.2) is 0 Å². The SMILES string of the molecule is CCNCC(C(C)C)N1CC2CCC1C2. The van der Waals surface area contributed by atoms with E-state index in [4.69, 9.17) is 0 Å². The molecule has 2 rings (SSSR count). The minimum absolute atomic E-state index is 0.764. The minimum Gasteiger partial charge on any atom is -0.315 e. The maximum absolute atomic E-state index is 3.52. The van der Waals surface area contributed by atoms with Crippen LogP contribution >= 0.6 is 0 Å². The van der Waals surface area contributed by atoms with Crippen molar-refractivity contribution in [1.82, 2.24) is 10.2 Å². The number of likely N-dealkylation sites (N-methyl/N-ethyl adjacent to an activating group) is 1. The average molecular weight is 210 g/mol. The predicted molar refractivity (Wildman–Crippen MR) is 65.0 cm³/mol. The highest BCUT2D eigenvalue weighted by atomic mass is 15.2. The van der Waals surface area contributed by atoms with Gasteiger partial charge in [0.15, 0.2) is 0 Å². The third kappa shape index (κ3) is 2.36. The number of piperidine rings is 1. The fourth-order valence-corrected chi connectivity index (χ4v) is 3.40. The lowest BCUT2D eigenvalue weighted by atomic mass is 9.99. The maximum atomic E-state index is 3.52. The van der Waals surface area contributed by atoms with E-state index in [0.29, 0.717) is 0 Å². The third-order valence-electron chi connectivity index (χ3n) is 4.25. The van der Waals surface area contributed by atoms with E-state index in [1.807, 2.05) is 0 Å². The summed E-state index contributed by atoms with van der Waals surface area (Å²) in [6.45, 7) is 10.6. The number of fused-ring (bicyclic) bond motifs is 2. The summed E-state index contributed by atoms with van der Waals surface area (Å²) in [7, 11) is 0. The molecular formula is C13H26N2. The number of rotatable bonds is 5. The van der Waals surface area contributed by atoms with Crippen molar-refractivity contribution in [3.63, 3.8) is 0 Å². The zero-order valence-electron chi connectivity index (χ0n) is 10.5. The van der Waals surface area contributed by atoms with Gasteiger partial charge in [-0.2, -0.15) is 0 Å². The number of nitrogens with zero attached hydrogens (tertiary/aromatic N) is 1. The molecule has 3 atom stereocenters. The van der Waals surface area contributed by atoms with Gasteiger partial charge in [0.05, 0.1) is 0 Å². The molecule has 0 aromatic rings. The molecule has 2 heteroatoms. The monoisotopic (exact) mass is 210 g/mol. The van der Waals surface area contributed by atoms with Crippen molar-refractivity contribution in [2.45, 2.75) is 52.1 Å². The van der Waals surface area contributed by atoms with Crippen molar-refractivity contribution in [2.24, 2.45) is 11.8 Å². The second kappa shape index (κ2) is 4.84. The third-order valence-corrected chi connectivity index (χ3v) is 4.25. The Balaban J connectivity index is 1.92. The van der Waals surface area contributed by atoms with Gasteiger partial charge in [-0.25, -0.2) is 0 Å². The van der Waals surface area contributed by atoms with Crippen molar-refractivity contribution in [2.75, 3.05) is 19.6 Å². The Kier molecular flexibility index (Phi) is 3.68. The van der Waals surface area contributed by atoms with E-state index >= 15 is 0 Å². The van der Waals surface area contributed by atoms with Crippen LogP contribution in [0.25, 0.3) is 0 Å². The highest BCUT2D eigenvalue weighted by molar-refractivity contribution is 4.96. The van der Waals surface area contributed by atoms with E-state index in [0.717, 1.165) is 30.5 Å². The molecule has 1 saturated carbocycles. The van der Waals surface area contributed by atoms with E-state index in [1.54, 1.807) is 0 Å². The Morgan fingerprint density at radius 2 is 2.13 bits per heavy atom. The second-order valence-corrected chi connectivity index (χ2v) is 5.65. The minimum atomic E-state index is 0.764. The van der Waals surface area contributed by atoms with Crippen molar-refractivity contribution in [1.29, 1.82) is 0 Å². The van der Waals surface area contributed by atoms with Crippen molar-refractivity contribution < 1.29 is 0 Å². The average Bonchev–Trinajstić information content (AvgIpc) is 2.79. The lowest BCUT2D eigenvalue weighted by molar-refractivity contribution is 0.114. The van der Waals surface area contributed by atoms with Gasteiger partial charge in [-0.3, -0.25) is 4.90 Å². The van der Waals surface area contributed by atoms with Crippen LogP contribution in [0.1, 0.15) is 40.0 Å².